The monoisotopic (exact) mass is 365 g/mol. The van der Waals surface area contributed by atoms with Gasteiger partial charge in [0.05, 0.1) is 27.0 Å². The molecule has 4 nitrogen and oxygen atoms in total. The molecule has 3 rings (SSSR count). The average molecular weight is 366 g/mol. The van der Waals surface area contributed by atoms with Crippen LogP contribution in [-0.2, 0) is 0 Å². The van der Waals surface area contributed by atoms with Crippen molar-refractivity contribution in [2.75, 3.05) is 11.6 Å². The van der Waals surface area contributed by atoms with Gasteiger partial charge in [0.2, 0.25) is 0 Å². The Kier molecular flexibility index (Phi) is 4.80. The van der Waals surface area contributed by atoms with Gasteiger partial charge in [-0.1, -0.05) is 53.2 Å². The minimum absolute atomic E-state index is 0.442. The molecular formula is C16H13Cl2N3OS. The summed E-state index contributed by atoms with van der Waals surface area (Å²) in [5.74, 6) is 0.442. The fourth-order valence-electron chi connectivity index (χ4n) is 2.09. The van der Waals surface area contributed by atoms with E-state index in [-0.39, 0.29) is 0 Å². The second-order valence-corrected chi connectivity index (χ2v) is 6.34. The van der Waals surface area contributed by atoms with Gasteiger partial charge in [0.25, 0.3) is 11.1 Å². The number of hydrogen-bond acceptors (Lipinski definition) is 5. The number of aryl methyl sites for hydroxylation is 1. The molecule has 0 unspecified atom stereocenters. The van der Waals surface area contributed by atoms with Gasteiger partial charge in [0, 0.05) is 0 Å². The molecule has 7 heteroatoms. The summed E-state index contributed by atoms with van der Waals surface area (Å²) in [4.78, 5) is 0. The standard InChI is InChI=1S/C16H13Cl2N3OS/c1-9-7-8-11(17)14(13(9)18)19-12-6-4-3-5-10(12)15-20-21-16(22-15)23-2/h3-8,19H,1-2H3. The van der Waals surface area contributed by atoms with E-state index in [1.165, 1.54) is 11.8 Å². The molecule has 0 saturated heterocycles. The van der Waals surface area contributed by atoms with E-state index in [9.17, 15) is 0 Å². The third kappa shape index (κ3) is 3.32. The molecule has 23 heavy (non-hydrogen) atoms. The highest BCUT2D eigenvalue weighted by Crippen LogP contribution is 2.38. The van der Waals surface area contributed by atoms with Crippen LogP contribution in [0.4, 0.5) is 11.4 Å². The molecule has 0 amide bonds. The highest BCUT2D eigenvalue weighted by molar-refractivity contribution is 7.98. The fraction of sp³-hybridized carbons (Fsp3) is 0.125. The Balaban J connectivity index is 2.04. The minimum atomic E-state index is 0.442. The Morgan fingerprint density at radius 1 is 1.09 bits per heavy atom. The van der Waals surface area contributed by atoms with Crippen molar-refractivity contribution in [1.29, 1.82) is 0 Å². The first-order valence-corrected chi connectivity index (χ1v) is 8.76. The lowest BCUT2D eigenvalue weighted by Crippen LogP contribution is -1.96. The van der Waals surface area contributed by atoms with Crippen LogP contribution in [0.2, 0.25) is 10.0 Å². The number of rotatable bonds is 4. The van der Waals surface area contributed by atoms with Crippen molar-refractivity contribution in [3.8, 4) is 11.5 Å². The molecule has 0 aliphatic rings. The molecule has 0 aliphatic heterocycles. The van der Waals surface area contributed by atoms with E-state index in [1.807, 2.05) is 49.6 Å². The van der Waals surface area contributed by atoms with Crippen LogP contribution in [0.1, 0.15) is 5.56 Å². The van der Waals surface area contributed by atoms with E-state index < -0.39 is 0 Å². The zero-order valence-corrected chi connectivity index (χ0v) is 14.8. The van der Waals surface area contributed by atoms with Gasteiger partial charge in [0.1, 0.15) is 0 Å². The van der Waals surface area contributed by atoms with Gasteiger partial charge in [-0.05, 0) is 36.9 Å². The smallest absolute Gasteiger partial charge is 0.276 e. The van der Waals surface area contributed by atoms with Gasteiger partial charge in [-0.25, -0.2) is 0 Å². The Hall–Kier alpha value is -1.69. The van der Waals surface area contributed by atoms with Crippen molar-refractivity contribution < 1.29 is 4.42 Å². The molecule has 0 fully saturated rings. The predicted molar refractivity (Wildman–Crippen MR) is 96.0 cm³/mol. The molecular weight excluding hydrogens is 353 g/mol. The van der Waals surface area contributed by atoms with Crippen LogP contribution in [0, 0.1) is 6.92 Å². The summed E-state index contributed by atoms with van der Waals surface area (Å²) in [6.07, 6.45) is 1.88. The van der Waals surface area contributed by atoms with Crippen LogP contribution >= 0.6 is 35.0 Å². The van der Waals surface area contributed by atoms with Crippen molar-refractivity contribution in [3.05, 3.63) is 52.0 Å². The fourth-order valence-corrected chi connectivity index (χ4v) is 2.84. The van der Waals surface area contributed by atoms with Crippen LogP contribution in [0.25, 0.3) is 11.5 Å². The molecule has 0 spiro atoms. The molecule has 2 aromatic carbocycles. The number of halogens is 2. The molecule has 0 radical (unpaired) electrons. The largest absolute Gasteiger partial charge is 0.411 e. The maximum Gasteiger partial charge on any atom is 0.276 e. The summed E-state index contributed by atoms with van der Waals surface area (Å²) in [6.45, 7) is 1.93. The number of aromatic nitrogens is 2. The first kappa shape index (κ1) is 16.2. The quantitative estimate of drug-likeness (QED) is 0.590. The third-order valence-corrected chi connectivity index (χ3v) is 4.60. The van der Waals surface area contributed by atoms with E-state index in [2.05, 4.69) is 15.5 Å². The zero-order chi connectivity index (χ0) is 16.4. The van der Waals surface area contributed by atoms with Crippen LogP contribution in [-0.4, -0.2) is 16.5 Å². The van der Waals surface area contributed by atoms with E-state index in [0.717, 1.165) is 16.8 Å². The highest BCUT2D eigenvalue weighted by Gasteiger charge is 2.15. The molecule has 118 valence electrons. The van der Waals surface area contributed by atoms with Gasteiger partial charge >= 0.3 is 0 Å². The molecule has 0 saturated carbocycles. The number of nitrogens with one attached hydrogen (secondary N) is 1. The minimum Gasteiger partial charge on any atom is -0.411 e. The maximum atomic E-state index is 6.37. The van der Waals surface area contributed by atoms with Crippen molar-refractivity contribution in [2.24, 2.45) is 0 Å². The predicted octanol–water partition coefficient (Wildman–Crippen LogP) is 5.82. The SMILES string of the molecule is CSc1nnc(-c2ccccc2Nc2c(Cl)ccc(C)c2Cl)o1. The summed E-state index contributed by atoms with van der Waals surface area (Å²) >= 11 is 14.0. The molecule has 0 aliphatic carbocycles. The second kappa shape index (κ2) is 6.83. The lowest BCUT2D eigenvalue weighted by Gasteiger charge is -2.14. The summed E-state index contributed by atoms with van der Waals surface area (Å²) in [5.41, 5.74) is 3.18. The van der Waals surface area contributed by atoms with Crippen molar-refractivity contribution >= 4 is 46.3 Å². The summed E-state index contributed by atoms with van der Waals surface area (Å²) in [5, 5.41) is 13.0. The van der Waals surface area contributed by atoms with Gasteiger partial charge in [-0.2, -0.15) is 0 Å². The summed E-state index contributed by atoms with van der Waals surface area (Å²) < 4.78 is 5.62. The van der Waals surface area contributed by atoms with E-state index in [1.54, 1.807) is 0 Å². The Morgan fingerprint density at radius 3 is 2.61 bits per heavy atom. The average Bonchev–Trinajstić information content (AvgIpc) is 3.04. The first-order chi connectivity index (χ1) is 11.1. The van der Waals surface area contributed by atoms with Crippen LogP contribution < -0.4 is 5.32 Å². The summed E-state index contributed by atoms with van der Waals surface area (Å²) in [6, 6.07) is 11.3. The molecule has 0 bridgehead atoms. The van der Waals surface area contributed by atoms with E-state index in [4.69, 9.17) is 27.6 Å². The van der Waals surface area contributed by atoms with Crippen LogP contribution in [0.3, 0.4) is 0 Å². The van der Waals surface area contributed by atoms with Crippen molar-refractivity contribution in [2.45, 2.75) is 12.1 Å². The topological polar surface area (TPSA) is 51.0 Å². The number of thioether (sulfide) groups is 1. The lowest BCUT2D eigenvalue weighted by molar-refractivity contribution is 0.466. The summed E-state index contributed by atoms with van der Waals surface area (Å²) in [7, 11) is 0. The van der Waals surface area contributed by atoms with Crippen LogP contribution in [0.5, 0.6) is 0 Å². The van der Waals surface area contributed by atoms with Gasteiger partial charge in [0.15, 0.2) is 0 Å². The number of para-hydroxylation sites is 1. The number of nitrogens with zero attached hydrogens (tertiary/aromatic N) is 2. The first-order valence-electron chi connectivity index (χ1n) is 6.78. The van der Waals surface area contributed by atoms with Crippen molar-refractivity contribution in [1.82, 2.24) is 10.2 Å². The normalized spacial score (nSPS) is 10.8. The number of benzene rings is 2. The van der Waals surface area contributed by atoms with E-state index >= 15 is 0 Å². The molecule has 1 aromatic heterocycles. The zero-order valence-electron chi connectivity index (χ0n) is 12.4. The highest BCUT2D eigenvalue weighted by atomic mass is 35.5. The van der Waals surface area contributed by atoms with Gasteiger partial charge in [-0.15, -0.1) is 10.2 Å². The van der Waals surface area contributed by atoms with Gasteiger partial charge in [-0.3, -0.25) is 0 Å². The molecule has 3 aromatic rings. The number of hydrogen-bond donors (Lipinski definition) is 1. The maximum absolute atomic E-state index is 6.37. The second-order valence-electron chi connectivity index (χ2n) is 4.80. The lowest BCUT2D eigenvalue weighted by atomic mass is 10.1. The third-order valence-electron chi connectivity index (χ3n) is 3.28. The Bertz CT molecular complexity index is 851. The van der Waals surface area contributed by atoms with Crippen LogP contribution in [0.15, 0.2) is 46.0 Å². The molecule has 1 heterocycles. The Labute approximate surface area is 148 Å². The number of anilines is 2. The Morgan fingerprint density at radius 2 is 1.87 bits per heavy atom. The van der Waals surface area contributed by atoms with Crippen molar-refractivity contribution in [3.63, 3.8) is 0 Å². The molecule has 1 N–H and O–H groups in total. The van der Waals surface area contributed by atoms with E-state index in [0.29, 0.717) is 26.8 Å². The van der Waals surface area contributed by atoms with Gasteiger partial charge < -0.3 is 9.73 Å². The molecule has 0 atom stereocenters.